The van der Waals surface area contributed by atoms with Crippen molar-refractivity contribution < 1.29 is 39.8 Å². The van der Waals surface area contributed by atoms with Gasteiger partial charge in [-0.15, -0.1) is 0 Å². The maximum absolute atomic E-state index is 13.0. The normalized spacial score (nSPS) is 21.0. The molecule has 7 atom stereocenters. The number of unbranched alkanes of at least 4 members (excludes halogenated alkanes) is 28. The zero-order valence-electron chi connectivity index (χ0n) is 37.6. The highest BCUT2D eigenvalue weighted by atomic mass is 16.7. The van der Waals surface area contributed by atoms with E-state index in [1.807, 2.05) is 0 Å². The fourth-order valence-corrected chi connectivity index (χ4v) is 7.86. The zero-order chi connectivity index (χ0) is 42.3. The average Bonchev–Trinajstić information content (AvgIpc) is 3.22. The van der Waals surface area contributed by atoms with E-state index in [9.17, 15) is 30.3 Å². The first-order valence-electron chi connectivity index (χ1n) is 24.6. The molecule has 1 aliphatic rings. The van der Waals surface area contributed by atoms with Gasteiger partial charge in [0.2, 0.25) is 5.91 Å². The largest absolute Gasteiger partial charge is 0.394 e. The molecule has 9 nitrogen and oxygen atoms in total. The van der Waals surface area contributed by atoms with Crippen LogP contribution in [0.5, 0.6) is 0 Å². The Morgan fingerprint density at radius 1 is 0.586 bits per heavy atom. The minimum Gasteiger partial charge on any atom is -0.394 e. The molecule has 1 aliphatic heterocycles. The molecule has 1 fully saturated rings. The number of hydrogen-bond acceptors (Lipinski definition) is 8. The van der Waals surface area contributed by atoms with Gasteiger partial charge in [0, 0.05) is 6.42 Å². The zero-order valence-corrected chi connectivity index (χ0v) is 37.6. The van der Waals surface area contributed by atoms with Crippen molar-refractivity contribution >= 4 is 5.91 Å². The maximum Gasteiger partial charge on any atom is 0.220 e. The molecule has 7 unspecified atom stereocenters. The fourth-order valence-electron chi connectivity index (χ4n) is 7.86. The van der Waals surface area contributed by atoms with Crippen molar-refractivity contribution in [3.8, 4) is 0 Å². The minimum atomic E-state index is -1.55. The minimum absolute atomic E-state index is 0.141. The van der Waals surface area contributed by atoms with Gasteiger partial charge in [0.1, 0.15) is 24.4 Å². The standard InChI is InChI=1S/C49H93NO8/c1-3-5-7-9-11-13-15-17-19-20-21-22-23-25-26-28-30-32-34-36-38-43(52)42(41-57-49-48(56)47(55)46(54)44(40-51)58-49)50-45(53)39-37-35-33-31-29-27-24-18-16-14-12-10-8-6-4-2/h12,14,16,18,42-44,46-49,51-52,54-56H,3-11,13,15,17,19-41H2,1-2H3,(H,50,53)/b14-12-,18-16-. The molecule has 342 valence electrons. The predicted molar refractivity (Wildman–Crippen MR) is 240 cm³/mol. The van der Waals surface area contributed by atoms with Crippen molar-refractivity contribution in [2.24, 2.45) is 0 Å². The molecule has 1 rings (SSSR count). The molecular formula is C49H93NO8. The number of ether oxygens (including phenoxy) is 2. The van der Waals surface area contributed by atoms with Crippen LogP contribution in [-0.2, 0) is 14.3 Å². The Labute approximate surface area is 356 Å². The lowest BCUT2D eigenvalue weighted by atomic mass is 9.99. The van der Waals surface area contributed by atoms with Gasteiger partial charge < -0.3 is 40.3 Å². The summed E-state index contributed by atoms with van der Waals surface area (Å²) < 4.78 is 11.3. The van der Waals surface area contributed by atoms with Crippen LogP contribution in [0, 0.1) is 0 Å². The third-order valence-corrected chi connectivity index (χ3v) is 11.8. The highest BCUT2D eigenvalue weighted by Crippen LogP contribution is 2.23. The molecule has 0 saturated carbocycles. The molecule has 0 aromatic rings. The Bertz CT molecular complexity index is 961. The third-order valence-electron chi connectivity index (χ3n) is 11.8. The number of allylic oxidation sites excluding steroid dienone is 4. The SMILES string of the molecule is CCCCC/C=C\C=C/CCCCCCCCC(=O)NC(COC1OC(CO)C(O)C(O)C1O)C(O)CCCCCCCCCCCCCCCCCCCCCC. The van der Waals surface area contributed by atoms with Crippen molar-refractivity contribution in [2.75, 3.05) is 13.2 Å². The highest BCUT2D eigenvalue weighted by molar-refractivity contribution is 5.76. The molecule has 0 radical (unpaired) electrons. The van der Waals surface area contributed by atoms with Crippen LogP contribution in [0.15, 0.2) is 24.3 Å². The van der Waals surface area contributed by atoms with Crippen molar-refractivity contribution in [2.45, 2.75) is 269 Å². The van der Waals surface area contributed by atoms with Crippen molar-refractivity contribution in [1.82, 2.24) is 5.32 Å². The van der Waals surface area contributed by atoms with E-state index in [4.69, 9.17) is 9.47 Å². The number of amides is 1. The highest BCUT2D eigenvalue weighted by Gasteiger charge is 2.44. The van der Waals surface area contributed by atoms with Crippen LogP contribution >= 0.6 is 0 Å². The summed E-state index contributed by atoms with van der Waals surface area (Å²) in [7, 11) is 0. The van der Waals surface area contributed by atoms with E-state index in [2.05, 4.69) is 43.5 Å². The Kier molecular flexibility index (Phi) is 37.5. The smallest absolute Gasteiger partial charge is 0.220 e. The molecule has 0 bridgehead atoms. The Morgan fingerprint density at radius 3 is 1.48 bits per heavy atom. The molecule has 9 heteroatoms. The van der Waals surface area contributed by atoms with Crippen molar-refractivity contribution in [1.29, 1.82) is 0 Å². The van der Waals surface area contributed by atoms with Gasteiger partial charge in [0.15, 0.2) is 6.29 Å². The number of nitrogens with one attached hydrogen (secondary N) is 1. The maximum atomic E-state index is 13.0. The summed E-state index contributed by atoms with van der Waals surface area (Å²) in [6, 6.07) is -0.723. The number of hydrogen-bond donors (Lipinski definition) is 6. The molecule has 6 N–H and O–H groups in total. The second kappa shape index (κ2) is 39.8. The molecule has 0 aromatic carbocycles. The first-order chi connectivity index (χ1) is 28.3. The molecule has 1 saturated heterocycles. The first kappa shape index (κ1) is 54.7. The van der Waals surface area contributed by atoms with Crippen molar-refractivity contribution in [3.63, 3.8) is 0 Å². The average molecular weight is 824 g/mol. The van der Waals surface area contributed by atoms with Gasteiger partial charge in [-0.2, -0.15) is 0 Å². The van der Waals surface area contributed by atoms with Gasteiger partial charge in [-0.25, -0.2) is 0 Å². The van der Waals surface area contributed by atoms with Crippen molar-refractivity contribution in [3.05, 3.63) is 24.3 Å². The summed E-state index contributed by atoms with van der Waals surface area (Å²) in [6.45, 7) is 3.81. The second-order valence-corrected chi connectivity index (χ2v) is 17.3. The summed E-state index contributed by atoms with van der Waals surface area (Å²) in [6.07, 6.45) is 40.4. The number of carbonyl (C=O) groups excluding carboxylic acids is 1. The lowest BCUT2D eigenvalue weighted by molar-refractivity contribution is -0.302. The third kappa shape index (κ3) is 29.8. The number of aliphatic hydroxyl groups is 5. The lowest BCUT2D eigenvalue weighted by Gasteiger charge is -2.40. The molecule has 0 aromatic heterocycles. The van der Waals surface area contributed by atoms with E-state index in [0.717, 1.165) is 57.8 Å². The Hall–Kier alpha value is -1.33. The van der Waals surface area contributed by atoms with Crippen LogP contribution in [0.4, 0.5) is 0 Å². The van der Waals surface area contributed by atoms with Gasteiger partial charge in [-0.1, -0.05) is 205 Å². The van der Waals surface area contributed by atoms with E-state index >= 15 is 0 Å². The van der Waals surface area contributed by atoms with E-state index in [1.54, 1.807) is 0 Å². The van der Waals surface area contributed by atoms with Crippen LogP contribution in [0.25, 0.3) is 0 Å². The first-order valence-corrected chi connectivity index (χ1v) is 24.6. The van der Waals surface area contributed by atoms with Crippen LogP contribution < -0.4 is 5.32 Å². The van der Waals surface area contributed by atoms with Gasteiger partial charge >= 0.3 is 0 Å². The van der Waals surface area contributed by atoms with Crippen LogP contribution in [0.3, 0.4) is 0 Å². The van der Waals surface area contributed by atoms with Crippen LogP contribution in [0.1, 0.15) is 226 Å². The number of carbonyl (C=O) groups is 1. The van der Waals surface area contributed by atoms with Gasteiger partial charge in [0.25, 0.3) is 0 Å². The van der Waals surface area contributed by atoms with E-state index in [1.165, 1.54) is 141 Å². The van der Waals surface area contributed by atoms with Gasteiger partial charge in [0.05, 0.1) is 25.4 Å². The summed E-state index contributed by atoms with van der Waals surface area (Å²) in [5.74, 6) is -0.155. The number of rotatable bonds is 41. The molecule has 1 amide bonds. The van der Waals surface area contributed by atoms with Gasteiger partial charge in [-0.3, -0.25) is 4.79 Å². The predicted octanol–water partition coefficient (Wildman–Crippen LogP) is 10.7. The summed E-state index contributed by atoms with van der Waals surface area (Å²) in [4.78, 5) is 13.0. The monoisotopic (exact) mass is 824 g/mol. The number of aliphatic hydroxyl groups excluding tert-OH is 5. The Balaban J connectivity index is 2.29. The summed E-state index contributed by atoms with van der Waals surface area (Å²) >= 11 is 0. The summed E-state index contributed by atoms with van der Waals surface area (Å²) in [5, 5.41) is 54.4. The Morgan fingerprint density at radius 2 is 1.00 bits per heavy atom. The molecular weight excluding hydrogens is 731 g/mol. The van der Waals surface area contributed by atoms with Crippen LogP contribution in [-0.4, -0.2) is 87.5 Å². The molecule has 0 spiro atoms. The van der Waals surface area contributed by atoms with Gasteiger partial charge in [-0.05, 0) is 38.5 Å². The quantitative estimate of drug-likeness (QED) is 0.0264. The molecule has 1 heterocycles. The lowest BCUT2D eigenvalue weighted by Crippen LogP contribution is -2.60. The fraction of sp³-hybridized carbons (Fsp3) is 0.898. The molecule has 0 aliphatic carbocycles. The second-order valence-electron chi connectivity index (χ2n) is 17.3. The summed E-state index contributed by atoms with van der Waals surface area (Å²) in [5.41, 5.74) is 0. The van der Waals surface area contributed by atoms with E-state index in [-0.39, 0.29) is 12.5 Å². The topological polar surface area (TPSA) is 149 Å². The molecule has 58 heavy (non-hydrogen) atoms. The van der Waals surface area contributed by atoms with Crippen LogP contribution in [0.2, 0.25) is 0 Å². The van der Waals surface area contributed by atoms with E-state index in [0.29, 0.717) is 12.8 Å². The van der Waals surface area contributed by atoms with E-state index < -0.39 is 49.5 Å².